The van der Waals surface area contributed by atoms with Gasteiger partial charge in [-0.15, -0.1) is 0 Å². The molecule has 3 nitrogen and oxygen atoms in total. The van der Waals surface area contributed by atoms with Gasteiger partial charge in [0.05, 0.1) is 6.10 Å². The smallest absolute Gasteiger partial charge is 0.0914 e. The molecule has 1 unspecified atom stereocenters. The predicted molar refractivity (Wildman–Crippen MR) is 79.7 cm³/mol. The van der Waals surface area contributed by atoms with Crippen LogP contribution in [0.3, 0.4) is 0 Å². The molecule has 1 aromatic carbocycles. The number of benzene rings is 1. The van der Waals surface area contributed by atoms with Gasteiger partial charge in [0.25, 0.3) is 0 Å². The van der Waals surface area contributed by atoms with Crippen molar-refractivity contribution in [2.45, 2.75) is 25.5 Å². The van der Waals surface area contributed by atoms with Gasteiger partial charge in [0, 0.05) is 23.1 Å². The monoisotopic (exact) mass is 314 g/mol. The standard InChI is InChI=1S/C14H23BrN2O/c1-14(2,17(3)4)10-16-9-13(18)11-6-5-7-12(15)8-11/h5-8,13,16,18H,9-10H2,1-4H3. The predicted octanol–water partition coefficient (Wildman–Crippen LogP) is 2.41. The third kappa shape index (κ3) is 4.69. The third-order valence-corrected chi connectivity index (χ3v) is 3.83. The van der Waals surface area contributed by atoms with Crippen molar-refractivity contribution in [1.29, 1.82) is 0 Å². The highest BCUT2D eigenvalue weighted by atomic mass is 79.9. The van der Waals surface area contributed by atoms with Gasteiger partial charge in [0.15, 0.2) is 0 Å². The van der Waals surface area contributed by atoms with Gasteiger partial charge < -0.3 is 15.3 Å². The van der Waals surface area contributed by atoms with Gasteiger partial charge in [-0.05, 0) is 45.6 Å². The van der Waals surface area contributed by atoms with E-state index < -0.39 is 6.10 Å². The molecule has 102 valence electrons. The second kappa shape index (κ2) is 6.66. The van der Waals surface area contributed by atoms with E-state index in [1.807, 2.05) is 24.3 Å². The van der Waals surface area contributed by atoms with E-state index in [0.717, 1.165) is 16.6 Å². The Bertz CT molecular complexity index is 380. The molecule has 0 heterocycles. The largest absolute Gasteiger partial charge is 0.387 e. The first kappa shape index (κ1) is 15.6. The van der Waals surface area contributed by atoms with Gasteiger partial charge in [0.2, 0.25) is 0 Å². The van der Waals surface area contributed by atoms with Crippen molar-refractivity contribution < 1.29 is 5.11 Å². The van der Waals surface area contributed by atoms with Crippen LogP contribution < -0.4 is 5.32 Å². The van der Waals surface area contributed by atoms with Crippen LogP contribution in [0.4, 0.5) is 0 Å². The fourth-order valence-corrected chi connectivity index (χ4v) is 1.92. The van der Waals surface area contributed by atoms with Crippen molar-refractivity contribution in [2.24, 2.45) is 0 Å². The Balaban J connectivity index is 2.45. The SMILES string of the molecule is CN(C)C(C)(C)CNCC(O)c1cccc(Br)c1. The molecule has 18 heavy (non-hydrogen) atoms. The number of aliphatic hydroxyl groups excluding tert-OH is 1. The van der Waals surface area contributed by atoms with Gasteiger partial charge in [-0.2, -0.15) is 0 Å². The molecule has 0 aliphatic heterocycles. The lowest BCUT2D eigenvalue weighted by atomic mass is 10.0. The number of likely N-dealkylation sites (N-methyl/N-ethyl adjacent to an activating group) is 1. The molecule has 1 aromatic rings. The summed E-state index contributed by atoms with van der Waals surface area (Å²) < 4.78 is 0.993. The molecular formula is C14H23BrN2O. The highest BCUT2D eigenvalue weighted by Gasteiger charge is 2.20. The Kier molecular flexibility index (Phi) is 5.79. The second-order valence-corrected chi connectivity index (χ2v) is 6.32. The zero-order chi connectivity index (χ0) is 13.8. The van der Waals surface area contributed by atoms with Crippen LogP contribution in [0.5, 0.6) is 0 Å². The first-order valence-electron chi connectivity index (χ1n) is 6.14. The van der Waals surface area contributed by atoms with Crippen molar-refractivity contribution >= 4 is 15.9 Å². The van der Waals surface area contributed by atoms with Crippen molar-refractivity contribution in [1.82, 2.24) is 10.2 Å². The molecule has 1 rings (SSSR count). The van der Waals surface area contributed by atoms with E-state index in [-0.39, 0.29) is 5.54 Å². The lowest BCUT2D eigenvalue weighted by Crippen LogP contribution is -2.47. The molecule has 0 saturated heterocycles. The molecule has 0 bridgehead atoms. The van der Waals surface area contributed by atoms with E-state index in [4.69, 9.17) is 0 Å². The van der Waals surface area contributed by atoms with Gasteiger partial charge in [-0.1, -0.05) is 28.1 Å². The van der Waals surface area contributed by atoms with Crippen molar-refractivity contribution in [2.75, 3.05) is 27.2 Å². The number of rotatable bonds is 6. The zero-order valence-corrected chi connectivity index (χ0v) is 13.2. The van der Waals surface area contributed by atoms with E-state index in [0.29, 0.717) is 6.54 Å². The average molecular weight is 315 g/mol. The Hall–Kier alpha value is -0.420. The summed E-state index contributed by atoms with van der Waals surface area (Å²) in [7, 11) is 4.12. The fraction of sp³-hybridized carbons (Fsp3) is 0.571. The first-order chi connectivity index (χ1) is 8.33. The molecule has 0 aliphatic rings. The number of hydrogen-bond donors (Lipinski definition) is 2. The molecule has 0 fully saturated rings. The molecule has 0 amide bonds. The summed E-state index contributed by atoms with van der Waals surface area (Å²) in [6.45, 7) is 5.75. The van der Waals surface area contributed by atoms with Gasteiger partial charge in [-0.25, -0.2) is 0 Å². The van der Waals surface area contributed by atoms with Crippen LogP contribution >= 0.6 is 15.9 Å². The zero-order valence-electron chi connectivity index (χ0n) is 11.6. The van der Waals surface area contributed by atoms with Crippen molar-refractivity contribution in [3.8, 4) is 0 Å². The van der Waals surface area contributed by atoms with Crippen molar-refractivity contribution in [3.05, 3.63) is 34.3 Å². The summed E-state index contributed by atoms with van der Waals surface area (Å²) in [5.41, 5.74) is 1.01. The summed E-state index contributed by atoms with van der Waals surface area (Å²) >= 11 is 3.41. The Labute approximate surface area is 118 Å². The van der Waals surface area contributed by atoms with Crippen LogP contribution in [0.1, 0.15) is 25.5 Å². The number of aliphatic hydroxyl groups is 1. The summed E-state index contributed by atoms with van der Waals surface area (Å²) in [6, 6.07) is 7.78. The minimum atomic E-state index is -0.472. The van der Waals surface area contributed by atoms with Crippen LogP contribution in [0.25, 0.3) is 0 Å². The lowest BCUT2D eigenvalue weighted by molar-refractivity contribution is 0.152. The number of nitrogens with one attached hydrogen (secondary N) is 1. The first-order valence-corrected chi connectivity index (χ1v) is 6.94. The highest BCUT2D eigenvalue weighted by Crippen LogP contribution is 2.17. The van der Waals surface area contributed by atoms with Crippen LogP contribution in [0, 0.1) is 0 Å². The number of hydrogen-bond acceptors (Lipinski definition) is 3. The fourth-order valence-electron chi connectivity index (χ4n) is 1.50. The molecule has 0 aliphatic carbocycles. The molecular weight excluding hydrogens is 292 g/mol. The summed E-state index contributed by atoms with van der Waals surface area (Å²) in [5.74, 6) is 0. The maximum Gasteiger partial charge on any atom is 0.0914 e. The summed E-state index contributed by atoms with van der Waals surface area (Å²) in [4.78, 5) is 2.17. The van der Waals surface area contributed by atoms with Gasteiger partial charge >= 0.3 is 0 Å². The molecule has 0 aromatic heterocycles. The Morgan fingerprint density at radius 3 is 2.61 bits per heavy atom. The Morgan fingerprint density at radius 2 is 2.06 bits per heavy atom. The molecule has 0 radical (unpaired) electrons. The van der Waals surface area contributed by atoms with Crippen LogP contribution in [0.15, 0.2) is 28.7 Å². The van der Waals surface area contributed by atoms with E-state index in [2.05, 4.69) is 54.1 Å². The third-order valence-electron chi connectivity index (χ3n) is 3.34. The van der Waals surface area contributed by atoms with Crippen molar-refractivity contribution in [3.63, 3.8) is 0 Å². The van der Waals surface area contributed by atoms with Crippen LogP contribution in [0.2, 0.25) is 0 Å². The lowest BCUT2D eigenvalue weighted by Gasteiger charge is -2.33. The van der Waals surface area contributed by atoms with Crippen LogP contribution in [-0.4, -0.2) is 42.7 Å². The van der Waals surface area contributed by atoms with E-state index in [1.165, 1.54) is 0 Å². The molecule has 0 saturated carbocycles. The molecule has 4 heteroatoms. The highest BCUT2D eigenvalue weighted by molar-refractivity contribution is 9.10. The normalized spacial score (nSPS) is 13.9. The van der Waals surface area contributed by atoms with E-state index in [9.17, 15) is 5.11 Å². The molecule has 0 spiro atoms. The summed E-state index contributed by atoms with van der Waals surface area (Å²) in [6.07, 6.45) is -0.472. The maximum absolute atomic E-state index is 10.1. The molecule has 2 N–H and O–H groups in total. The second-order valence-electron chi connectivity index (χ2n) is 5.41. The quantitative estimate of drug-likeness (QED) is 0.846. The van der Waals surface area contributed by atoms with Gasteiger partial charge in [-0.3, -0.25) is 0 Å². The van der Waals surface area contributed by atoms with E-state index in [1.54, 1.807) is 0 Å². The topological polar surface area (TPSA) is 35.5 Å². The number of halogens is 1. The Morgan fingerprint density at radius 1 is 1.39 bits per heavy atom. The van der Waals surface area contributed by atoms with E-state index >= 15 is 0 Å². The summed E-state index contributed by atoms with van der Waals surface area (Å²) in [5, 5.41) is 13.4. The number of nitrogens with zero attached hydrogens (tertiary/aromatic N) is 1. The van der Waals surface area contributed by atoms with Crippen LogP contribution in [-0.2, 0) is 0 Å². The average Bonchev–Trinajstić information content (AvgIpc) is 2.28. The minimum absolute atomic E-state index is 0.0803. The minimum Gasteiger partial charge on any atom is -0.387 e. The maximum atomic E-state index is 10.1. The molecule has 1 atom stereocenters. The van der Waals surface area contributed by atoms with Gasteiger partial charge in [0.1, 0.15) is 0 Å².